The van der Waals surface area contributed by atoms with Crippen LogP contribution in [0.15, 0.2) is 47.1 Å². The molecule has 0 aliphatic carbocycles. The minimum atomic E-state index is -0.751. The molecule has 0 saturated heterocycles. The Bertz CT molecular complexity index is 949. The van der Waals surface area contributed by atoms with Gasteiger partial charge in [0.15, 0.2) is 0 Å². The van der Waals surface area contributed by atoms with Crippen LogP contribution in [-0.4, -0.2) is 23.3 Å². The van der Waals surface area contributed by atoms with E-state index in [2.05, 4.69) is 65.8 Å². The van der Waals surface area contributed by atoms with E-state index in [4.69, 9.17) is 14.6 Å². The molecule has 1 heterocycles. The van der Waals surface area contributed by atoms with Crippen LogP contribution in [0.2, 0.25) is 0 Å². The molecular formula is C32H48O4. The van der Waals surface area contributed by atoms with Crippen LogP contribution < -0.4 is 9.47 Å². The average Bonchev–Trinajstić information content (AvgIpc) is 2.79. The van der Waals surface area contributed by atoms with Gasteiger partial charge in [-0.3, -0.25) is 4.79 Å². The lowest BCUT2D eigenvalue weighted by Crippen LogP contribution is -2.36. The fourth-order valence-corrected chi connectivity index (χ4v) is 4.63. The Kier molecular flexibility index (Phi) is 12.3. The van der Waals surface area contributed by atoms with E-state index in [1.165, 1.54) is 22.3 Å². The molecule has 200 valence electrons. The van der Waals surface area contributed by atoms with E-state index in [1.807, 2.05) is 6.07 Å². The molecule has 0 unspecified atom stereocenters. The minimum Gasteiger partial charge on any atom is -0.494 e. The summed E-state index contributed by atoms with van der Waals surface area (Å²) < 4.78 is 12.4. The van der Waals surface area contributed by atoms with E-state index in [9.17, 15) is 4.79 Å². The van der Waals surface area contributed by atoms with Crippen molar-refractivity contribution in [3.8, 4) is 11.5 Å². The highest BCUT2D eigenvalue weighted by atomic mass is 16.5. The lowest BCUT2D eigenvalue weighted by molar-refractivity contribution is -0.137. The molecule has 1 aliphatic heterocycles. The highest BCUT2D eigenvalue weighted by Crippen LogP contribution is 2.40. The standard InChI is InChI=1S/C32H48O4/c1-24(2)12-9-13-25(3)14-10-15-26(4)16-11-19-32(6)20-18-28-23-29(22-27(5)31(28)36-32)35-21-8-7-17-30(33)34/h12,14,16,22-23H,7-11,13,15,17-21H2,1-6H3,(H,33,34)/b25-14+,26-16+/t32-/m1/s1. The van der Waals surface area contributed by atoms with Crippen molar-refractivity contribution in [2.24, 2.45) is 0 Å². The molecule has 2 rings (SSSR count). The molecule has 0 bridgehead atoms. The van der Waals surface area contributed by atoms with Crippen LogP contribution in [0, 0.1) is 6.92 Å². The largest absolute Gasteiger partial charge is 0.494 e. The topological polar surface area (TPSA) is 55.8 Å². The zero-order valence-electron chi connectivity index (χ0n) is 23.5. The Morgan fingerprint density at radius 1 is 1.00 bits per heavy atom. The molecule has 0 amide bonds. The Morgan fingerprint density at radius 3 is 2.33 bits per heavy atom. The molecule has 0 saturated carbocycles. The minimum absolute atomic E-state index is 0.144. The number of carboxylic acid groups (broad SMARTS) is 1. The molecule has 0 aromatic heterocycles. The first-order valence-corrected chi connectivity index (χ1v) is 13.7. The van der Waals surface area contributed by atoms with E-state index in [0.717, 1.165) is 74.8 Å². The molecule has 0 radical (unpaired) electrons. The normalized spacial score (nSPS) is 17.8. The van der Waals surface area contributed by atoms with Gasteiger partial charge in [0.1, 0.15) is 17.1 Å². The van der Waals surface area contributed by atoms with E-state index < -0.39 is 5.97 Å². The van der Waals surface area contributed by atoms with Gasteiger partial charge in [-0.05, 0) is 129 Å². The van der Waals surface area contributed by atoms with Crippen LogP contribution in [0.25, 0.3) is 0 Å². The predicted molar refractivity (Wildman–Crippen MR) is 150 cm³/mol. The monoisotopic (exact) mass is 496 g/mol. The first-order chi connectivity index (χ1) is 17.1. The Morgan fingerprint density at radius 2 is 1.67 bits per heavy atom. The van der Waals surface area contributed by atoms with Gasteiger partial charge in [0, 0.05) is 6.42 Å². The first-order valence-electron chi connectivity index (χ1n) is 13.7. The number of hydrogen-bond donors (Lipinski definition) is 1. The maximum absolute atomic E-state index is 10.6. The van der Waals surface area contributed by atoms with Crippen molar-refractivity contribution in [3.05, 3.63) is 58.2 Å². The quantitative estimate of drug-likeness (QED) is 0.194. The van der Waals surface area contributed by atoms with E-state index in [0.29, 0.717) is 13.0 Å². The van der Waals surface area contributed by atoms with Crippen LogP contribution in [-0.2, 0) is 11.2 Å². The second-order valence-corrected chi connectivity index (χ2v) is 11.0. The number of allylic oxidation sites excluding steroid dienone is 6. The lowest BCUT2D eigenvalue weighted by atomic mass is 9.87. The molecule has 1 aliphatic rings. The first kappa shape index (κ1) is 29.7. The van der Waals surface area contributed by atoms with Gasteiger partial charge in [-0.1, -0.05) is 34.9 Å². The summed E-state index contributed by atoms with van der Waals surface area (Å²) in [5.41, 5.74) is 6.53. The molecule has 1 aromatic carbocycles. The number of benzene rings is 1. The Hall–Kier alpha value is -2.49. The summed E-state index contributed by atoms with van der Waals surface area (Å²) in [4.78, 5) is 10.6. The lowest BCUT2D eigenvalue weighted by Gasteiger charge is -2.37. The third-order valence-corrected chi connectivity index (χ3v) is 6.94. The number of rotatable bonds is 15. The smallest absolute Gasteiger partial charge is 0.303 e. The molecule has 1 aromatic rings. The zero-order chi connectivity index (χ0) is 26.6. The highest BCUT2D eigenvalue weighted by molar-refractivity contribution is 5.66. The fraction of sp³-hybridized carbons (Fsp3) is 0.594. The van der Waals surface area contributed by atoms with Gasteiger partial charge in [0.2, 0.25) is 0 Å². The summed E-state index contributed by atoms with van der Waals surface area (Å²) in [5, 5.41) is 8.75. The van der Waals surface area contributed by atoms with Crippen molar-refractivity contribution in [2.45, 2.75) is 118 Å². The van der Waals surface area contributed by atoms with Crippen LogP contribution >= 0.6 is 0 Å². The second-order valence-electron chi connectivity index (χ2n) is 11.0. The third kappa shape index (κ3) is 11.1. The summed E-state index contributed by atoms with van der Waals surface area (Å²) in [7, 11) is 0. The molecular weight excluding hydrogens is 448 g/mol. The van der Waals surface area contributed by atoms with Gasteiger partial charge >= 0.3 is 5.97 Å². The zero-order valence-corrected chi connectivity index (χ0v) is 23.5. The molecule has 36 heavy (non-hydrogen) atoms. The van der Waals surface area contributed by atoms with Crippen LogP contribution in [0.3, 0.4) is 0 Å². The molecule has 1 atom stereocenters. The average molecular weight is 497 g/mol. The number of fused-ring (bicyclic) bond motifs is 1. The van der Waals surface area contributed by atoms with Gasteiger partial charge in [-0.25, -0.2) is 0 Å². The van der Waals surface area contributed by atoms with Gasteiger partial charge in [-0.2, -0.15) is 0 Å². The number of unbranched alkanes of at least 4 members (excludes halogenated alkanes) is 1. The number of carbonyl (C=O) groups is 1. The third-order valence-electron chi connectivity index (χ3n) is 6.94. The number of ether oxygens (including phenoxy) is 2. The summed E-state index contributed by atoms with van der Waals surface area (Å²) in [6.07, 6.45) is 17.3. The van der Waals surface area contributed by atoms with Crippen LogP contribution in [0.1, 0.15) is 110 Å². The van der Waals surface area contributed by atoms with E-state index in [-0.39, 0.29) is 12.0 Å². The number of carboxylic acids is 1. The molecule has 4 nitrogen and oxygen atoms in total. The maximum atomic E-state index is 10.6. The van der Waals surface area contributed by atoms with Crippen LogP contribution in [0.4, 0.5) is 0 Å². The Balaban J connectivity index is 1.80. The summed E-state index contributed by atoms with van der Waals surface area (Å²) in [6, 6.07) is 4.14. The van der Waals surface area contributed by atoms with Gasteiger partial charge < -0.3 is 14.6 Å². The maximum Gasteiger partial charge on any atom is 0.303 e. The SMILES string of the molecule is CC(C)=CCC/C(C)=C/CC/C(C)=C/CC[C@]1(C)CCc2cc(OCCCCC(=O)O)cc(C)c2O1. The summed E-state index contributed by atoms with van der Waals surface area (Å²) >= 11 is 0. The molecule has 0 spiro atoms. The van der Waals surface area contributed by atoms with E-state index >= 15 is 0 Å². The summed E-state index contributed by atoms with van der Waals surface area (Å²) in [5.74, 6) is 1.11. The van der Waals surface area contributed by atoms with Crippen molar-refractivity contribution in [3.63, 3.8) is 0 Å². The van der Waals surface area contributed by atoms with Crippen molar-refractivity contribution < 1.29 is 19.4 Å². The van der Waals surface area contributed by atoms with Crippen molar-refractivity contribution in [1.82, 2.24) is 0 Å². The molecule has 0 fully saturated rings. The van der Waals surface area contributed by atoms with Gasteiger partial charge in [0.05, 0.1) is 6.61 Å². The van der Waals surface area contributed by atoms with Gasteiger partial charge in [0.25, 0.3) is 0 Å². The fourth-order valence-electron chi connectivity index (χ4n) is 4.63. The van der Waals surface area contributed by atoms with Crippen molar-refractivity contribution >= 4 is 5.97 Å². The number of aryl methyl sites for hydroxylation is 2. The highest BCUT2D eigenvalue weighted by Gasteiger charge is 2.32. The number of aliphatic carboxylic acids is 1. The van der Waals surface area contributed by atoms with Gasteiger partial charge in [-0.15, -0.1) is 0 Å². The summed E-state index contributed by atoms with van der Waals surface area (Å²) in [6.45, 7) is 13.7. The Labute approximate surface area is 219 Å². The molecule has 1 N–H and O–H groups in total. The van der Waals surface area contributed by atoms with E-state index in [1.54, 1.807) is 0 Å². The second kappa shape index (κ2) is 14.9. The molecule has 4 heteroatoms. The van der Waals surface area contributed by atoms with Crippen molar-refractivity contribution in [2.75, 3.05) is 6.61 Å². The van der Waals surface area contributed by atoms with Crippen molar-refractivity contribution in [1.29, 1.82) is 0 Å². The predicted octanol–water partition coefficient (Wildman–Crippen LogP) is 8.91. The number of hydrogen-bond acceptors (Lipinski definition) is 3. The van der Waals surface area contributed by atoms with Crippen LogP contribution in [0.5, 0.6) is 11.5 Å².